The van der Waals surface area contributed by atoms with Crippen molar-refractivity contribution in [2.75, 3.05) is 0 Å². The average Bonchev–Trinajstić information content (AvgIpc) is 3.95. The first-order chi connectivity index (χ1) is 25.7. The quantitative estimate of drug-likeness (QED) is 0.188. The van der Waals surface area contributed by atoms with E-state index in [-0.39, 0.29) is 0 Å². The van der Waals surface area contributed by atoms with E-state index in [0.29, 0.717) is 0 Å². The summed E-state index contributed by atoms with van der Waals surface area (Å²) in [4.78, 5) is 4.66. The number of pyridine rings is 1. The Hall–Kier alpha value is -7.11. The lowest BCUT2D eigenvalue weighted by atomic mass is 9.98. The van der Waals surface area contributed by atoms with E-state index in [0.717, 1.165) is 105 Å². The molecule has 5 nitrogen and oxygen atoms in total. The topological polar surface area (TPSA) is 57.2 Å². The predicted molar refractivity (Wildman–Crippen MR) is 211 cm³/mol. The fourth-order valence-electron chi connectivity index (χ4n) is 8.20. The van der Waals surface area contributed by atoms with Gasteiger partial charge in [-0.3, -0.25) is 4.98 Å². The Bertz CT molecular complexity index is 3260. The second kappa shape index (κ2) is 10.2. The Morgan fingerprint density at radius 3 is 1.42 bits per heavy atom. The number of hydrogen-bond donors (Lipinski definition) is 0. The molecule has 52 heavy (non-hydrogen) atoms. The maximum absolute atomic E-state index is 6.16. The molecule has 5 heteroatoms. The van der Waals surface area contributed by atoms with E-state index in [9.17, 15) is 0 Å². The molecular formula is C47H26N2O3. The molecule has 0 radical (unpaired) electrons. The summed E-state index contributed by atoms with van der Waals surface area (Å²) in [5.41, 5.74) is 14.0. The molecule has 7 aromatic carbocycles. The van der Waals surface area contributed by atoms with Crippen LogP contribution in [0.5, 0.6) is 0 Å². The van der Waals surface area contributed by atoms with E-state index in [2.05, 4.69) is 125 Å². The maximum Gasteiger partial charge on any atom is 0.153 e. The Morgan fingerprint density at radius 1 is 0.346 bits per heavy atom. The third-order valence-electron chi connectivity index (χ3n) is 10.7. The zero-order valence-corrected chi connectivity index (χ0v) is 27.6. The fourth-order valence-corrected chi connectivity index (χ4v) is 8.20. The van der Waals surface area contributed by atoms with Crippen LogP contribution in [0.1, 0.15) is 0 Å². The zero-order valence-electron chi connectivity index (χ0n) is 27.6. The second-order valence-corrected chi connectivity index (χ2v) is 13.6. The molecule has 0 atom stereocenters. The smallest absolute Gasteiger partial charge is 0.153 e. The SMILES string of the molecule is c1ccc2c(c1)oc1ccc(-c3ccc4c(c3)c3cc(-c5ccc6oc7ccccc7c6c5)ccc3n4-c3ccc4oc5cccnc5c4c3)cc12. The van der Waals surface area contributed by atoms with Gasteiger partial charge in [0.2, 0.25) is 0 Å². The molecule has 0 spiro atoms. The highest BCUT2D eigenvalue weighted by Crippen LogP contribution is 2.40. The van der Waals surface area contributed by atoms with Crippen LogP contribution in [0.25, 0.3) is 116 Å². The first kappa shape index (κ1) is 27.7. The standard InChI is InChI=1S/C47H26N2O3/c1-3-8-41-32(6-1)36-24-29(13-18-43(36)50-41)27-11-16-39-34(22-27)35-23-28(30-14-19-44-37(25-30)33-7-2-4-9-42(33)51-44)12-17-40(35)49(39)31-15-20-45-38(26-31)47-46(52-45)10-5-21-48-47/h1-26H. The van der Waals surface area contributed by atoms with E-state index < -0.39 is 0 Å². The molecule has 12 aromatic rings. The van der Waals surface area contributed by atoms with Crippen molar-refractivity contribution in [1.29, 1.82) is 0 Å². The van der Waals surface area contributed by atoms with Crippen molar-refractivity contribution in [1.82, 2.24) is 9.55 Å². The number of hydrogen-bond acceptors (Lipinski definition) is 4. The van der Waals surface area contributed by atoms with Gasteiger partial charge in [-0.2, -0.15) is 0 Å². The molecule has 12 rings (SSSR count). The largest absolute Gasteiger partial charge is 0.456 e. The summed E-state index contributed by atoms with van der Waals surface area (Å²) >= 11 is 0. The minimum Gasteiger partial charge on any atom is -0.456 e. The van der Waals surface area contributed by atoms with Crippen LogP contribution in [0.15, 0.2) is 171 Å². The fraction of sp³-hybridized carbons (Fsp3) is 0. The lowest BCUT2D eigenvalue weighted by Crippen LogP contribution is -1.93. The van der Waals surface area contributed by atoms with Crippen molar-refractivity contribution in [2.45, 2.75) is 0 Å². The maximum atomic E-state index is 6.16. The second-order valence-electron chi connectivity index (χ2n) is 13.6. The van der Waals surface area contributed by atoms with Gasteiger partial charge in [0.15, 0.2) is 5.58 Å². The number of para-hydroxylation sites is 2. The minimum atomic E-state index is 0.788. The number of furan rings is 3. The average molecular weight is 667 g/mol. The van der Waals surface area contributed by atoms with E-state index in [4.69, 9.17) is 13.3 Å². The summed E-state index contributed by atoms with van der Waals surface area (Å²) in [5, 5.41) is 7.84. The first-order valence-corrected chi connectivity index (χ1v) is 17.4. The van der Waals surface area contributed by atoms with Crippen LogP contribution in [0.4, 0.5) is 0 Å². The van der Waals surface area contributed by atoms with Crippen molar-refractivity contribution >= 4 is 87.8 Å². The number of benzene rings is 7. The van der Waals surface area contributed by atoms with Crippen molar-refractivity contribution in [3.8, 4) is 27.9 Å². The van der Waals surface area contributed by atoms with Crippen LogP contribution in [-0.2, 0) is 0 Å². The van der Waals surface area contributed by atoms with Crippen LogP contribution >= 0.6 is 0 Å². The minimum absolute atomic E-state index is 0.788. The molecule has 5 heterocycles. The van der Waals surface area contributed by atoms with Gasteiger partial charge in [-0.1, -0.05) is 60.7 Å². The Labute approximate surface area is 295 Å². The number of nitrogens with zero attached hydrogens (tertiary/aromatic N) is 2. The van der Waals surface area contributed by atoms with Gasteiger partial charge in [-0.15, -0.1) is 0 Å². The highest BCUT2D eigenvalue weighted by molar-refractivity contribution is 6.13. The summed E-state index contributed by atoms with van der Waals surface area (Å²) in [7, 11) is 0. The van der Waals surface area contributed by atoms with Crippen LogP contribution < -0.4 is 0 Å². The third kappa shape index (κ3) is 3.90. The van der Waals surface area contributed by atoms with Gasteiger partial charge in [0.25, 0.3) is 0 Å². The van der Waals surface area contributed by atoms with Crippen molar-refractivity contribution in [3.63, 3.8) is 0 Å². The molecule has 0 saturated heterocycles. The molecule has 0 fully saturated rings. The lowest BCUT2D eigenvalue weighted by Gasteiger charge is -2.09. The Morgan fingerprint density at radius 2 is 0.808 bits per heavy atom. The summed E-state index contributed by atoms with van der Waals surface area (Å²) in [6.07, 6.45) is 1.82. The molecule has 0 aliphatic rings. The molecule has 0 aliphatic carbocycles. The molecule has 0 N–H and O–H groups in total. The van der Waals surface area contributed by atoms with Gasteiger partial charge in [0.1, 0.15) is 33.4 Å². The van der Waals surface area contributed by atoms with Gasteiger partial charge < -0.3 is 17.8 Å². The molecule has 5 aromatic heterocycles. The van der Waals surface area contributed by atoms with Gasteiger partial charge in [-0.05, 0) is 113 Å². The van der Waals surface area contributed by atoms with Crippen molar-refractivity contribution < 1.29 is 13.3 Å². The molecule has 0 saturated carbocycles. The van der Waals surface area contributed by atoms with Gasteiger partial charge in [0.05, 0.1) is 11.0 Å². The van der Waals surface area contributed by atoms with Crippen LogP contribution in [-0.4, -0.2) is 9.55 Å². The van der Waals surface area contributed by atoms with E-state index >= 15 is 0 Å². The predicted octanol–water partition coefficient (Wildman–Crippen LogP) is 13.2. The van der Waals surface area contributed by atoms with Crippen LogP contribution in [0.3, 0.4) is 0 Å². The lowest BCUT2D eigenvalue weighted by molar-refractivity contribution is 0.668. The van der Waals surface area contributed by atoms with Crippen LogP contribution in [0.2, 0.25) is 0 Å². The summed E-state index contributed by atoms with van der Waals surface area (Å²) in [6, 6.07) is 53.4. The third-order valence-corrected chi connectivity index (χ3v) is 10.7. The number of rotatable bonds is 3. The van der Waals surface area contributed by atoms with Gasteiger partial charge >= 0.3 is 0 Å². The molecule has 0 unspecified atom stereocenters. The van der Waals surface area contributed by atoms with E-state index in [1.807, 2.05) is 42.6 Å². The van der Waals surface area contributed by atoms with E-state index in [1.165, 1.54) is 10.8 Å². The van der Waals surface area contributed by atoms with Crippen LogP contribution in [0, 0.1) is 0 Å². The molecular weight excluding hydrogens is 641 g/mol. The number of aromatic nitrogens is 2. The molecule has 0 amide bonds. The normalized spacial score (nSPS) is 12.2. The highest BCUT2D eigenvalue weighted by Gasteiger charge is 2.18. The number of fused-ring (bicyclic) bond motifs is 12. The molecule has 0 aliphatic heterocycles. The Balaban J connectivity index is 1.10. The monoisotopic (exact) mass is 666 g/mol. The van der Waals surface area contributed by atoms with Crippen molar-refractivity contribution in [2.24, 2.45) is 0 Å². The van der Waals surface area contributed by atoms with E-state index in [1.54, 1.807) is 0 Å². The molecule has 242 valence electrons. The zero-order chi connectivity index (χ0) is 33.9. The summed E-state index contributed by atoms with van der Waals surface area (Å²) < 4.78 is 20.8. The van der Waals surface area contributed by atoms with Gasteiger partial charge in [-0.25, -0.2) is 0 Å². The summed E-state index contributed by atoms with van der Waals surface area (Å²) in [5.74, 6) is 0. The Kier molecular flexibility index (Phi) is 5.44. The summed E-state index contributed by atoms with van der Waals surface area (Å²) in [6.45, 7) is 0. The molecule has 0 bridgehead atoms. The first-order valence-electron chi connectivity index (χ1n) is 17.4. The highest BCUT2D eigenvalue weighted by atomic mass is 16.3. The van der Waals surface area contributed by atoms with Crippen molar-refractivity contribution in [3.05, 3.63) is 158 Å². The van der Waals surface area contributed by atoms with Gasteiger partial charge in [0, 0.05) is 49.6 Å².